The summed E-state index contributed by atoms with van der Waals surface area (Å²) >= 11 is 0. The van der Waals surface area contributed by atoms with Gasteiger partial charge in [-0.05, 0) is 38.8 Å². The maximum absolute atomic E-state index is 2.34. The number of benzene rings is 1. The molecule has 0 heterocycles. The second-order valence-corrected chi connectivity index (χ2v) is 7.73. The highest BCUT2D eigenvalue weighted by atomic mass is 15.3. The van der Waals surface area contributed by atoms with Crippen molar-refractivity contribution in [3.63, 3.8) is 0 Å². The van der Waals surface area contributed by atoms with Gasteiger partial charge in [0.15, 0.2) is 0 Å². The van der Waals surface area contributed by atoms with Gasteiger partial charge in [0.2, 0.25) is 0 Å². The van der Waals surface area contributed by atoms with E-state index in [9.17, 15) is 0 Å². The Balaban J connectivity index is 2.09. The van der Waals surface area contributed by atoms with E-state index in [0.717, 1.165) is 4.48 Å². The molecule has 0 spiro atoms. The van der Waals surface area contributed by atoms with Crippen molar-refractivity contribution >= 4 is 5.69 Å². The summed E-state index contributed by atoms with van der Waals surface area (Å²) in [7, 11) is 0. The molecule has 0 saturated carbocycles. The summed E-state index contributed by atoms with van der Waals surface area (Å²) in [5, 5.41) is 0. The predicted molar refractivity (Wildman–Crippen MR) is 115 cm³/mol. The van der Waals surface area contributed by atoms with E-state index in [1.54, 1.807) is 0 Å². The maximum Gasteiger partial charge on any atom is 0.132 e. The normalized spacial score (nSPS) is 11.8. The Bertz CT molecular complexity index is 394. The monoisotopic (exact) mass is 346 g/mol. The summed E-state index contributed by atoms with van der Waals surface area (Å²) in [6.45, 7) is 10.7. The average molecular weight is 347 g/mol. The molecule has 25 heavy (non-hydrogen) atoms. The van der Waals surface area contributed by atoms with Crippen LogP contribution in [0.15, 0.2) is 30.3 Å². The van der Waals surface area contributed by atoms with Crippen LogP contribution in [0.3, 0.4) is 0 Å². The lowest BCUT2D eigenvalue weighted by atomic mass is 10.0. The van der Waals surface area contributed by atoms with Gasteiger partial charge >= 0.3 is 0 Å². The highest BCUT2D eigenvalue weighted by molar-refractivity contribution is 5.42. The molecule has 0 bridgehead atoms. The molecule has 0 radical (unpaired) electrons. The third-order valence-corrected chi connectivity index (χ3v) is 5.95. The first-order valence-corrected chi connectivity index (χ1v) is 11.2. The molecule has 1 heteroatoms. The minimum Gasteiger partial charge on any atom is -0.292 e. The number of unbranched alkanes of at least 4 members (excludes halogenated alkanes) is 11. The van der Waals surface area contributed by atoms with Gasteiger partial charge in [-0.1, -0.05) is 89.3 Å². The fraction of sp³-hybridized carbons (Fsp3) is 0.750. The first-order valence-electron chi connectivity index (χ1n) is 11.2. The van der Waals surface area contributed by atoms with Gasteiger partial charge in [-0.2, -0.15) is 0 Å². The Morgan fingerprint density at radius 2 is 1.00 bits per heavy atom. The maximum atomic E-state index is 2.34. The summed E-state index contributed by atoms with van der Waals surface area (Å²) < 4.78 is 1.15. The van der Waals surface area contributed by atoms with Crippen LogP contribution < -0.4 is 4.48 Å². The summed E-state index contributed by atoms with van der Waals surface area (Å²) in [6, 6.07) is 11.1. The van der Waals surface area contributed by atoms with Crippen molar-refractivity contribution in [3.8, 4) is 0 Å². The molecule has 0 saturated heterocycles. The van der Waals surface area contributed by atoms with Crippen LogP contribution in [0.1, 0.15) is 97.8 Å². The average Bonchev–Trinajstić information content (AvgIpc) is 2.67. The van der Waals surface area contributed by atoms with Crippen molar-refractivity contribution in [2.24, 2.45) is 0 Å². The molecule has 0 amide bonds. The fourth-order valence-corrected chi connectivity index (χ4v) is 4.03. The number of nitrogens with zero attached hydrogens (tertiary/aromatic N) is 1. The molecule has 1 aromatic carbocycles. The Labute approximate surface area is 158 Å². The highest BCUT2D eigenvalue weighted by Crippen LogP contribution is 2.24. The standard InChI is InChI=1S/C24H44N/c1-4-7-8-9-10-11-12-13-14-15-16-20-23-25(5-2,6-3)24-21-18-17-19-22-24/h17-19,21-22H,4-16,20,23H2,1-3H3/q+1. The van der Waals surface area contributed by atoms with Crippen molar-refractivity contribution < 1.29 is 0 Å². The molecule has 0 N–H and O–H groups in total. The largest absolute Gasteiger partial charge is 0.292 e. The second-order valence-electron chi connectivity index (χ2n) is 7.73. The van der Waals surface area contributed by atoms with Crippen LogP contribution in [0.2, 0.25) is 0 Å². The molecule has 0 unspecified atom stereocenters. The van der Waals surface area contributed by atoms with Gasteiger partial charge < -0.3 is 0 Å². The van der Waals surface area contributed by atoms with E-state index in [1.807, 2.05) is 0 Å². The van der Waals surface area contributed by atoms with Gasteiger partial charge in [0.05, 0.1) is 19.6 Å². The second kappa shape index (κ2) is 14.4. The molecule has 0 aromatic heterocycles. The van der Waals surface area contributed by atoms with Gasteiger partial charge in [-0.15, -0.1) is 0 Å². The summed E-state index contributed by atoms with van der Waals surface area (Å²) in [5.74, 6) is 0. The van der Waals surface area contributed by atoms with E-state index in [1.165, 1.54) is 102 Å². The molecule has 0 aliphatic heterocycles. The Hall–Kier alpha value is -0.820. The van der Waals surface area contributed by atoms with Gasteiger partial charge in [0, 0.05) is 0 Å². The Morgan fingerprint density at radius 1 is 0.560 bits per heavy atom. The van der Waals surface area contributed by atoms with E-state index in [2.05, 4.69) is 51.1 Å². The molecule has 1 nitrogen and oxygen atoms in total. The summed E-state index contributed by atoms with van der Waals surface area (Å²) in [6.07, 6.45) is 17.2. The van der Waals surface area contributed by atoms with Crippen molar-refractivity contribution in [1.29, 1.82) is 0 Å². The lowest BCUT2D eigenvalue weighted by Gasteiger charge is -2.36. The zero-order valence-electron chi connectivity index (χ0n) is 17.4. The van der Waals surface area contributed by atoms with Crippen molar-refractivity contribution in [3.05, 3.63) is 30.3 Å². The third kappa shape index (κ3) is 8.90. The molecule has 0 atom stereocenters. The van der Waals surface area contributed by atoms with Crippen LogP contribution in [0.4, 0.5) is 5.69 Å². The number of hydrogen-bond acceptors (Lipinski definition) is 0. The van der Waals surface area contributed by atoms with E-state index in [4.69, 9.17) is 0 Å². The summed E-state index contributed by atoms with van der Waals surface area (Å²) in [4.78, 5) is 0. The van der Waals surface area contributed by atoms with Gasteiger partial charge in [0.25, 0.3) is 0 Å². The molecule has 0 fully saturated rings. The highest BCUT2D eigenvalue weighted by Gasteiger charge is 2.25. The molecule has 1 aromatic rings. The van der Waals surface area contributed by atoms with Crippen molar-refractivity contribution in [2.75, 3.05) is 19.6 Å². The van der Waals surface area contributed by atoms with E-state index in [0.29, 0.717) is 0 Å². The lowest BCUT2D eigenvalue weighted by molar-refractivity contribution is 0.291. The zero-order valence-corrected chi connectivity index (χ0v) is 17.4. The third-order valence-electron chi connectivity index (χ3n) is 5.95. The SMILES string of the molecule is CCCCCCCCCCCCCC[N+](CC)(CC)c1ccccc1. The van der Waals surface area contributed by atoms with Crippen molar-refractivity contribution in [2.45, 2.75) is 97.8 Å². The van der Waals surface area contributed by atoms with Crippen LogP contribution >= 0.6 is 0 Å². The number of hydrogen-bond donors (Lipinski definition) is 0. The number of rotatable bonds is 16. The zero-order chi connectivity index (χ0) is 18.2. The van der Waals surface area contributed by atoms with Crippen LogP contribution in [-0.4, -0.2) is 19.6 Å². The van der Waals surface area contributed by atoms with Crippen LogP contribution in [0, 0.1) is 0 Å². The smallest absolute Gasteiger partial charge is 0.132 e. The minimum atomic E-state index is 1.15. The number of para-hydroxylation sites is 1. The van der Waals surface area contributed by atoms with E-state index in [-0.39, 0.29) is 0 Å². The quantitative estimate of drug-likeness (QED) is 0.212. The minimum absolute atomic E-state index is 1.15. The predicted octanol–water partition coefficient (Wildman–Crippen LogP) is 7.73. The lowest BCUT2D eigenvalue weighted by Crippen LogP contribution is -2.49. The summed E-state index contributed by atoms with van der Waals surface area (Å²) in [5.41, 5.74) is 1.50. The first kappa shape index (κ1) is 22.2. The molecule has 1 rings (SSSR count). The molecular weight excluding hydrogens is 302 g/mol. The van der Waals surface area contributed by atoms with Gasteiger partial charge in [-0.3, -0.25) is 4.48 Å². The van der Waals surface area contributed by atoms with Crippen LogP contribution in [-0.2, 0) is 0 Å². The molecule has 0 aliphatic carbocycles. The van der Waals surface area contributed by atoms with E-state index < -0.39 is 0 Å². The Kier molecular flexibility index (Phi) is 12.8. The first-order chi connectivity index (χ1) is 12.3. The van der Waals surface area contributed by atoms with E-state index >= 15 is 0 Å². The molecule has 144 valence electrons. The van der Waals surface area contributed by atoms with Crippen LogP contribution in [0.5, 0.6) is 0 Å². The van der Waals surface area contributed by atoms with Crippen LogP contribution in [0.25, 0.3) is 0 Å². The topological polar surface area (TPSA) is 0 Å². The fourth-order valence-electron chi connectivity index (χ4n) is 4.03. The van der Waals surface area contributed by atoms with Gasteiger partial charge in [-0.25, -0.2) is 0 Å². The number of quaternary nitrogens is 1. The Morgan fingerprint density at radius 3 is 1.44 bits per heavy atom. The van der Waals surface area contributed by atoms with Gasteiger partial charge in [0.1, 0.15) is 5.69 Å². The molecule has 0 aliphatic rings. The molecular formula is C24H44N+. The van der Waals surface area contributed by atoms with Crippen molar-refractivity contribution in [1.82, 2.24) is 4.48 Å².